The number of halogens is 2. The van der Waals surface area contributed by atoms with Crippen LogP contribution in [0.4, 0.5) is 8.78 Å². The minimum absolute atomic E-state index is 0.100. The Morgan fingerprint density at radius 2 is 2.04 bits per heavy atom. The standard InChI is InChI=1S/C16H14F2N4OS/c17-14(18)13-8-12(10-4-2-1-3-5-10)21-15-11(9-20-22(13)15)16(23)19-6-7-24/h1-5,8-9,14,24H,6-7H2,(H,19,23). The van der Waals surface area contributed by atoms with Gasteiger partial charge in [0.15, 0.2) is 5.65 Å². The molecule has 0 radical (unpaired) electrons. The van der Waals surface area contributed by atoms with E-state index < -0.39 is 12.3 Å². The average Bonchev–Trinajstić information content (AvgIpc) is 3.03. The van der Waals surface area contributed by atoms with E-state index in [9.17, 15) is 13.6 Å². The summed E-state index contributed by atoms with van der Waals surface area (Å²) in [5.74, 6) is 0.0487. The van der Waals surface area contributed by atoms with Crippen LogP contribution in [-0.4, -0.2) is 32.8 Å². The minimum atomic E-state index is -2.74. The number of thiol groups is 1. The summed E-state index contributed by atoms with van der Waals surface area (Å²) in [6.07, 6.45) is -1.50. The second-order valence-electron chi connectivity index (χ2n) is 5.01. The predicted octanol–water partition coefficient (Wildman–Crippen LogP) is 2.99. The minimum Gasteiger partial charge on any atom is -0.351 e. The van der Waals surface area contributed by atoms with Crippen molar-refractivity contribution in [2.75, 3.05) is 12.3 Å². The molecule has 2 heterocycles. The van der Waals surface area contributed by atoms with Crippen molar-refractivity contribution in [2.45, 2.75) is 6.43 Å². The van der Waals surface area contributed by atoms with Crippen LogP contribution in [-0.2, 0) is 0 Å². The van der Waals surface area contributed by atoms with Gasteiger partial charge in [0.1, 0.15) is 11.3 Å². The Balaban J connectivity index is 2.16. The topological polar surface area (TPSA) is 59.3 Å². The zero-order valence-electron chi connectivity index (χ0n) is 12.5. The molecule has 1 aromatic carbocycles. The van der Waals surface area contributed by atoms with E-state index in [1.54, 1.807) is 24.3 Å². The second kappa shape index (κ2) is 6.96. The summed E-state index contributed by atoms with van der Waals surface area (Å²) in [4.78, 5) is 16.5. The molecular weight excluding hydrogens is 334 g/mol. The van der Waals surface area contributed by atoms with Crippen LogP contribution in [0.1, 0.15) is 22.5 Å². The van der Waals surface area contributed by atoms with Crippen LogP contribution in [0.15, 0.2) is 42.6 Å². The third kappa shape index (κ3) is 3.09. The molecule has 0 aliphatic rings. The SMILES string of the molecule is O=C(NCCS)c1cnn2c(C(F)F)cc(-c3ccccc3)nc12. The largest absolute Gasteiger partial charge is 0.351 e. The van der Waals surface area contributed by atoms with Crippen molar-refractivity contribution in [1.29, 1.82) is 0 Å². The molecule has 124 valence electrons. The Morgan fingerprint density at radius 1 is 1.29 bits per heavy atom. The molecule has 1 N–H and O–H groups in total. The lowest BCUT2D eigenvalue weighted by atomic mass is 10.1. The van der Waals surface area contributed by atoms with Crippen LogP contribution in [0, 0.1) is 0 Å². The number of alkyl halides is 2. The van der Waals surface area contributed by atoms with Crippen molar-refractivity contribution >= 4 is 24.2 Å². The number of aromatic nitrogens is 3. The normalized spacial score (nSPS) is 11.2. The number of hydrogen-bond donors (Lipinski definition) is 2. The summed E-state index contributed by atoms with van der Waals surface area (Å²) in [5.41, 5.74) is 0.985. The molecule has 5 nitrogen and oxygen atoms in total. The third-order valence-corrected chi connectivity index (χ3v) is 3.66. The molecular formula is C16H14F2N4OS. The second-order valence-corrected chi connectivity index (χ2v) is 5.45. The van der Waals surface area contributed by atoms with Gasteiger partial charge in [-0.1, -0.05) is 30.3 Å². The Hall–Kier alpha value is -2.48. The van der Waals surface area contributed by atoms with E-state index in [4.69, 9.17) is 0 Å². The maximum Gasteiger partial charge on any atom is 0.280 e. The molecule has 0 saturated heterocycles. The van der Waals surface area contributed by atoms with Gasteiger partial charge in [0.25, 0.3) is 12.3 Å². The van der Waals surface area contributed by atoms with Gasteiger partial charge in [0, 0.05) is 17.9 Å². The van der Waals surface area contributed by atoms with Gasteiger partial charge in [-0.05, 0) is 6.07 Å². The number of benzene rings is 1. The first-order chi connectivity index (χ1) is 11.6. The third-order valence-electron chi connectivity index (χ3n) is 3.43. The molecule has 0 spiro atoms. The summed E-state index contributed by atoms with van der Waals surface area (Å²) < 4.78 is 27.8. The molecule has 8 heteroatoms. The van der Waals surface area contributed by atoms with Gasteiger partial charge in [-0.25, -0.2) is 18.3 Å². The van der Waals surface area contributed by atoms with Gasteiger partial charge in [-0.15, -0.1) is 0 Å². The first-order valence-electron chi connectivity index (χ1n) is 7.23. The fraction of sp³-hybridized carbons (Fsp3) is 0.188. The molecule has 1 amide bonds. The summed E-state index contributed by atoms with van der Waals surface area (Å²) in [6.45, 7) is 0.360. The number of carbonyl (C=O) groups excluding carboxylic acids is 1. The van der Waals surface area contributed by atoms with Crippen LogP contribution in [0.2, 0.25) is 0 Å². The highest BCUT2D eigenvalue weighted by Gasteiger charge is 2.21. The predicted molar refractivity (Wildman–Crippen MR) is 89.6 cm³/mol. The highest BCUT2D eigenvalue weighted by Crippen LogP contribution is 2.26. The molecule has 0 aliphatic carbocycles. The molecule has 0 aliphatic heterocycles. The number of amides is 1. The number of nitrogens with zero attached hydrogens (tertiary/aromatic N) is 3. The molecule has 3 aromatic rings. The molecule has 2 aromatic heterocycles. The molecule has 3 rings (SSSR count). The zero-order chi connectivity index (χ0) is 17.1. The highest BCUT2D eigenvalue weighted by atomic mass is 32.1. The van der Waals surface area contributed by atoms with E-state index in [0.29, 0.717) is 23.6 Å². The zero-order valence-corrected chi connectivity index (χ0v) is 13.4. The smallest absolute Gasteiger partial charge is 0.280 e. The van der Waals surface area contributed by atoms with E-state index in [-0.39, 0.29) is 16.9 Å². The van der Waals surface area contributed by atoms with Crippen molar-refractivity contribution in [2.24, 2.45) is 0 Å². The monoisotopic (exact) mass is 348 g/mol. The first-order valence-corrected chi connectivity index (χ1v) is 7.86. The highest BCUT2D eigenvalue weighted by molar-refractivity contribution is 7.80. The van der Waals surface area contributed by atoms with Gasteiger partial charge >= 0.3 is 0 Å². The van der Waals surface area contributed by atoms with Gasteiger partial charge in [0.2, 0.25) is 0 Å². The van der Waals surface area contributed by atoms with E-state index in [1.165, 1.54) is 12.3 Å². The van der Waals surface area contributed by atoms with E-state index in [1.807, 2.05) is 6.07 Å². The van der Waals surface area contributed by atoms with Crippen molar-refractivity contribution in [1.82, 2.24) is 19.9 Å². The summed E-state index contributed by atoms with van der Waals surface area (Å²) in [5, 5.41) is 6.54. The van der Waals surface area contributed by atoms with Crippen molar-refractivity contribution < 1.29 is 13.6 Å². The van der Waals surface area contributed by atoms with Crippen LogP contribution in [0.3, 0.4) is 0 Å². The van der Waals surface area contributed by atoms with Gasteiger partial charge in [0.05, 0.1) is 11.9 Å². The Morgan fingerprint density at radius 3 is 2.71 bits per heavy atom. The molecule has 0 atom stereocenters. The average molecular weight is 348 g/mol. The maximum atomic E-state index is 13.4. The van der Waals surface area contributed by atoms with Crippen LogP contribution in [0.5, 0.6) is 0 Å². The van der Waals surface area contributed by atoms with E-state index in [2.05, 4.69) is 28.0 Å². The Bertz CT molecular complexity index is 867. The number of rotatable bonds is 5. The van der Waals surface area contributed by atoms with Crippen molar-refractivity contribution in [3.05, 3.63) is 53.9 Å². The Labute approximate surface area is 142 Å². The quantitative estimate of drug-likeness (QED) is 0.697. The van der Waals surface area contributed by atoms with Crippen LogP contribution in [0.25, 0.3) is 16.9 Å². The summed E-state index contributed by atoms with van der Waals surface area (Å²) in [6, 6.07) is 10.2. The van der Waals surface area contributed by atoms with Crippen LogP contribution >= 0.6 is 12.6 Å². The van der Waals surface area contributed by atoms with E-state index >= 15 is 0 Å². The number of nitrogens with one attached hydrogen (secondary N) is 1. The molecule has 0 unspecified atom stereocenters. The first kappa shape index (κ1) is 16.4. The molecule has 0 saturated carbocycles. The maximum absolute atomic E-state index is 13.4. The fourth-order valence-electron chi connectivity index (χ4n) is 2.32. The van der Waals surface area contributed by atoms with Crippen LogP contribution < -0.4 is 5.32 Å². The number of hydrogen-bond acceptors (Lipinski definition) is 4. The van der Waals surface area contributed by atoms with Gasteiger partial charge in [-0.2, -0.15) is 17.7 Å². The molecule has 0 fully saturated rings. The van der Waals surface area contributed by atoms with E-state index in [0.717, 1.165) is 4.52 Å². The molecule has 0 bridgehead atoms. The lowest BCUT2D eigenvalue weighted by molar-refractivity contribution is 0.0957. The lowest BCUT2D eigenvalue weighted by Gasteiger charge is -2.08. The Kier molecular flexibility index (Phi) is 4.75. The van der Waals surface area contributed by atoms with Crippen molar-refractivity contribution in [3.63, 3.8) is 0 Å². The van der Waals surface area contributed by atoms with Gasteiger partial charge in [-0.3, -0.25) is 4.79 Å². The number of carbonyl (C=O) groups is 1. The lowest BCUT2D eigenvalue weighted by Crippen LogP contribution is -2.25. The summed E-state index contributed by atoms with van der Waals surface area (Å²) >= 11 is 4.02. The number of fused-ring (bicyclic) bond motifs is 1. The fourth-order valence-corrected chi connectivity index (χ4v) is 2.43. The van der Waals surface area contributed by atoms with Crippen molar-refractivity contribution in [3.8, 4) is 11.3 Å². The summed E-state index contributed by atoms with van der Waals surface area (Å²) in [7, 11) is 0. The molecule has 24 heavy (non-hydrogen) atoms. The van der Waals surface area contributed by atoms with Gasteiger partial charge < -0.3 is 5.32 Å².